The van der Waals surface area contributed by atoms with Gasteiger partial charge in [-0.1, -0.05) is 36.7 Å². The van der Waals surface area contributed by atoms with Gasteiger partial charge in [-0.3, -0.25) is 9.69 Å². The highest BCUT2D eigenvalue weighted by atomic mass is 35.5. The van der Waals surface area contributed by atoms with E-state index in [1.165, 1.54) is 11.1 Å². The number of hydrogen-bond acceptors (Lipinski definition) is 4. The molecule has 1 heterocycles. The van der Waals surface area contributed by atoms with Crippen LogP contribution in [-0.4, -0.2) is 30.9 Å². The molecule has 4 rings (SSSR count). The van der Waals surface area contributed by atoms with E-state index >= 15 is 0 Å². The molecule has 5 heteroatoms. The largest absolute Gasteiger partial charge is 0.497 e. The van der Waals surface area contributed by atoms with E-state index in [9.17, 15) is 4.79 Å². The fraction of sp³-hybridized carbons (Fsp3) is 0.480. The first-order valence-electron chi connectivity index (χ1n) is 10.8. The van der Waals surface area contributed by atoms with Crippen LogP contribution >= 0.6 is 11.6 Å². The molecule has 1 fully saturated rings. The third kappa shape index (κ3) is 4.41. The lowest BCUT2D eigenvalue weighted by Crippen LogP contribution is -2.46. The smallest absolute Gasteiger partial charge is 0.133 e. The SMILES string of the molecule is COc1ccc(COC[C@H](C)CN2Cc3cc(Cl)ccc3C23CCC(=O)CC3)cc1. The van der Waals surface area contributed by atoms with Gasteiger partial charge in [-0.15, -0.1) is 0 Å². The molecule has 4 nitrogen and oxygen atoms in total. The van der Waals surface area contributed by atoms with Crippen molar-refractivity contribution in [3.63, 3.8) is 0 Å². The number of methoxy groups -OCH3 is 1. The summed E-state index contributed by atoms with van der Waals surface area (Å²) in [5.74, 6) is 1.64. The number of carbonyl (C=O) groups is 1. The lowest BCUT2D eigenvalue weighted by molar-refractivity contribution is -0.123. The minimum absolute atomic E-state index is 0.0297. The van der Waals surface area contributed by atoms with Crippen molar-refractivity contribution in [1.82, 2.24) is 4.90 Å². The first-order chi connectivity index (χ1) is 14.5. The Kier molecular flexibility index (Phi) is 6.47. The van der Waals surface area contributed by atoms with Crippen LogP contribution in [0.5, 0.6) is 5.75 Å². The summed E-state index contributed by atoms with van der Waals surface area (Å²) in [5.41, 5.74) is 3.79. The van der Waals surface area contributed by atoms with Crippen LogP contribution < -0.4 is 4.74 Å². The summed E-state index contributed by atoms with van der Waals surface area (Å²) in [4.78, 5) is 14.5. The molecule has 1 aliphatic heterocycles. The van der Waals surface area contributed by atoms with Crippen LogP contribution in [0, 0.1) is 5.92 Å². The molecule has 2 aliphatic rings. The number of nitrogens with zero attached hydrogens (tertiary/aromatic N) is 1. The van der Waals surface area contributed by atoms with Gasteiger partial charge in [0.05, 0.1) is 20.3 Å². The van der Waals surface area contributed by atoms with Gasteiger partial charge < -0.3 is 9.47 Å². The molecule has 0 radical (unpaired) electrons. The standard InChI is InChI=1S/C25H30ClNO3/c1-18(16-30-17-19-3-6-23(29-2)7-4-19)14-27-15-20-13-21(26)5-8-24(20)25(27)11-9-22(28)10-12-25/h3-8,13,18H,9-12,14-17H2,1-2H3/t18-/m1/s1. The molecule has 0 bridgehead atoms. The van der Waals surface area contributed by atoms with E-state index in [2.05, 4.69) is 24.0 Å². The van der Waals surface area contributed by atoms with E-state index in [0.29, 0.717) is 37.8 Å². The number of fused-ring (bicyclic) bond motifs is 2. The Morgan fingerprint density at radius 2 is 1.87 bits per heavy atom. The minimum Gasteiger partial charge on any atom is -0.497 e. The van der Waals surface area contributed by atoms with Gasteiger partial charge >= 0.3 is 0 Å². The maximum atomic E-state index is 11.9. The van der Waals surface area contributed by atoms with Crippen LogP contribution in [0.15, 0.2) is 42.5 Å². The molecular weight excluding hydrogens is 398 g/mol. The highest BCUT2D eigenvalue weighted by molar-refractivity contribution is 6.30. The van der Waals surface area contributed by atoms with E-state index in [1.807, 2.05) is 30.3 Å². The zero-order valence-corrected chi connectivity index (χ0v) is 18.6. The average molecular weight is 428 g/mol. The molecule has 0 amide bonds. The average Bonchev–Trinajstić information content (AvgIpc) is 3.02. The first-order valence-corrected chi connectivity index (χ1v) is 11.1. The molecule has 1 saturated carbocycles. The van der Waals surface area contributed by atoms with Crippen LogP contribution in [-0.2, 0) is 28.2 Å². The Bertz CT molecular complexity index is 886. The number of ether oxygens (including phenoxy) is 2. The van der Waals surface area contributed by atoms with E-state index in [-0.39, 0.29) is 5.54 Å². The van der Waals surface area contributed by atoms with Gasteiger partial charge in [0.2, 0.25) is 0 Å². The highest BCUT2D eigenvalue weighted by Crippen LogP contribution is 2.48. The predicted octanol–water partition coefficient (Wildman–Crippen LogP) is 5.36. The second-order valence-corrected chi connectivity index (χ2v) is 9.16. The van der Waals surface area contributed by atoms with E-state index in [0.717, 1.165) is 42.3 Å². The molecule has 1 aliphatic carbocycles. The lowest BCUT2D eigenvalue weighted by atomic mass is 9.76. The summed E-state index contributed by atoms with van der Waals surface area (Å²) < 4.78 is 11.2. The highest BCUT2D eigenvalue weighted by Gasteiger charge is 2.47. The fourth-order valence-electron chi connectivity index (χ4n) is 4.97. The maximum Gasteiger partial charge on any atom is 0.133 e. The van der Waals surface area contributed by atoms with Crippen molar-refractivity contribution in [1.29, 1.82) is 0 Å². The van der Waals surface area contributed by atoms with Gasteiger partial charge in [0, 0.05) is 36.5 Å². The van der Waals surface area contributed by atoms with Gasteiger partial charge in [0.1, 0.15) is 11.5 Å². The van der Waals surface area contributed by atoms with Crippen LogP contribution in [0.25, 0.3) is 0 Å². The number of halogens is 1. The Labute approximate surface area is 184 Å². The summed E-state index contributed by atoms with van der Waals surface area (Å²) in [6.45, 7) is 5.39. The number of benzene rings is 2. The second-order valence-electron chi connectivity index (χ2n) is 8.72. The van der Waals surface area contributed by atoms with Crippen LogP contribution in [0.1, 0.15) is 49.3 Å². The van der Waals surface area contributed by atoms with Crippen molar-refractivity contribution in [2.75, 3.05) is 20.3 Å². The zero-order valence-electron chi connectivity index (χ0n) is 17.8. The lowest BCUT2D eigenvalue weighted by Gasteiger charge is -2.43. The number of hydrogen-bond donors (Lipinski definition) is 0. The van der Waals surface area contributed by atoms with Crippen molar-refractivity contribution in [2.45, 2.75) is 51.3 Å². The topological polar surface area (TPSA) is 38.8 Å². The normalized spacial score (nSPS) is 19.1. The molecule has 0 aromatic heterocycles. The molecule has 2 aromatic rings. The van der Waals surface area contributed by atoms with Crippen molar-refractivity contribution < 1.29 is 14.3 Å². The van der Waals surface area contributed by atoms with Crippen LogP contribution in [0.4, 0.5) is 0 Å². The molecule has 160 valence electrons. The molecule has 1 atom stereocenters. The molecule has 0 unspecified atom stereocenters. The Hall–Kier alpha value is -1.88. The molecule has 0 N–H and O–H groups in total. The van der Waals surface area contributed by atoms with Gasteiger partial charge in [-0.25, -0.2) is 0 Å². The Balaban J connectivity index is 1.39. The van der Waals surface area contributed by atoms with Crippen molar-refractivity contribution in [3.8, 4) is 5.75 Å². The third-order valence-electron chi connectivity index (χ3n) is 6.53. The number of ketones is 1. The van der Waals surface area contributed by atoms with Crippen LogP contribution in [0.2, 0.25) is 5.02 Å². The zero-order chi connectivity index (χ0) is 21.1. The van der Waals surface area contributed by atoms with Gasteiger partial charge in [-0.2, -0.15) is 0 Å². The number of carbonyl (C=O) groups excluding carboxylic acids is 1. The summed E-state index contributed by atoms with van der Waals surface area (Å²) in [5, 5.41) is 0.786. The summed E-state index contributed by atoms with van der Waals surface area (Å²) in [6.07, 6.45) is 3.14. The van der Waals surface area contributed by atoms with Crippen molar-refractivity contribution in [3.05, 3.63) is 64.2 Å². The number of Topliss-reactive ketones (excluding diaryl/α,β-unsaturated/α-hetero) is 1. The summed E-state index contributed by atoms with van der Waals surface area (Å²) in [6, 6.07) is 14.3. The summed E-state index contributed by atoms with van der Waals surface area (Å²) >= 11 is 6.27. The quantitative estimate of drug-likeness (QED) is 0.596. The second kappa shape index (κ2) is 9.09. The molecule has 1 spiro atoms. The van der Waals surface area contributed by atoms with E-state index in [4.69, 9.17) is 21.1 Å². The van der Waals surface area contributed by atoms with Crippen molar-refractivity contribution in [2.24, 2.45) is 5.92 Å². The maximum absolute atomic E-state index is 11.9. The van der Waals surface area contributed by atoms with E-state index in [1.54, 1.807) is 7.11 Å². The minimum atomic E-state index is -0.0297. The molecule has 30 heavy (non-hydrogen) atoms. The van der Waals surface area contributed by atoms with Crippen LogP contribution in [0.3, 0.4) is 0 Å². The van der Waals surface area contributed by atoms with Gasteiger partial charge in [0.15, 0.2) is 0 Å². The third-order valence-corrected chi connectivity index (χ3v) is 6.77. The predicted molar refractivity (Wildman–Crippen MR) is 119 cm³/mol. The molecule has 0 saturated heterocycles. The van der Waals surface area contributed by atoms with E-state index < -0.39 is 0 Å². The monoisotopic (exact) mass is 427 g/mol. The number of rotatable bonds is 7. The first kappa shape index (κ1) is 21.4. The van der Waals surface area contributed by atoms with Crippen molar-refractivity contribution >= 4 is 17.4 Å². The Morgan fingerprint density at radius 1 is 1.13 bits per heavy atom. The van der Waals surface area contributed by atoms with Gasteiger partial charge in [0.25, 0.3) is 0 Å². The molecular formula is C25H30ClNO3. The fourth-order valence-corrected chi connectivity index (χ4v) is 5.17. The Morgan fingerprint density at radius 3 is 2.57 bits per heavy atom. The summed E-state index contributed by atoms with van der Waals surface area (Å²) in [7, 11) is 1.67. The molecule has 2 aromatic carbocycles. The van der Waals surface area contributed by atoms with Gasteiger partial charge in [-0.05, 0) is 59.7 Å².